The molecule has 2 unspecified atom stereocenters. The molecule has 0 radical (unpaired) electrons. The molecular weight excluding hydrogens is 102 g/mol. The van der Waals surface area contributed by atoms with Crippen LogP contribution in [0.3, 0.4) is 0 Å². The van der Waals surface area contributed by atoms with E-state index in [1.165, 1.54) is 5.32 Å². The van der Waals surface area contributed by atoms with Gasteiger partial charge in [0.2, 0.25) is 0 Å². The van der Waals surface area contributed by atoms with Gasteiger partial charge in [-0.1, -0.05) is 0 Å². The standard InChI is InChI=1S/C6H13NO/c1-5-6(2)8-4-3-7-5/h5-7H,3-4H2,1-2H3/i1D3,2D3,3D2,4D2,5D,6D. The minimum Gasteiger partial charge on any atom is -0.376 e. The average Bonchev–Trinajstić information content (AvgIpc) is 2.09. The molecule has 1 fully saturated rings. The molecule has 0 bridgehead atoms. The lowest BCUT2D eigenvalue weighted by Gasteiger charge is -2.26. The topological polar surface area (TPSA) is 21.3 Å². The molecule has 1 aliphatic rings. The number of hydrogen-bond donors (Lipinski definition) is 1. The third-order valence-electron chi connectivity index (χ3n) is 0.619. The number of hydrogen-bond acceptors (Lipinski definition) is 2. The van der Waals surface area contributed by atoms with Crippen LogP contribution in [0.2, 0.25) is 0 Å². The lowest BCUT2D eigenvalue weighted by Crippen LogP contribution is -2.44. The summed E-state index contributed by atoms with van der Waals surface area (Å²) >= 11 is 0. The van der Waals surface area contributed by atoms with Gasteiger partial charge in [0, 0.05) is 24.9 Å². The Kier molecular flexibility index (Phi) is 0.294. The fourth-order valence-corrected chi connectivity index (χ4v) is 0.272. The Morgan fingerprint density at radius 2 is 3.00 bits per heavy atom. The molecule has 0 aromatic rings. The van der Waals surface area contributed by atoms with Gasteiger partial charge in [-0.2, -0.15) is 0 Å². The maximum Gasteiger partial charge on any atom is 0.0697 e. The first-order valence-electron chi connectivity index (χ1n) is 7.91. The van der Waals surface area contributed by atoms with Gasteiger partial charge in [0.05, 0.1) is 16.8 Å². The normalized spacial score (nSPS) is 96.0. The summed E-state index contributed by atoms with van der Waals surface area (Å²) in [5.74, 6) is 0. The summed E-state index contributed by atoms with van der Waals surface area (Å²) in [5.41, 5.74) is 0. The van der Waals surface area contributed by atoms with Gasteiger partial charge in [-0.3, -0.25) is 0 Å². The molecule has 1 saturated heterocycles. The van der Waals surface area contributed by atoms with Crippen LogP contribution in [0.1, 0.15) is 30.2 Å². The van der Waals surface area contributed by atoms with E-state index in [1.54, 1.807) is 0 Å². The van der Waals surface area contributed by atoms with Gasteiger partial charge in [0.15, 0.2) is 0 Å². The second-order valence-electron chi connectivity index (χ2n) is 1.16. The van der Waals surface area contributed by atoms with Crippen molar-refractivity contribution in [3.63, 3.8) is 0 Å². The lowest BCUT2D eigenvalue weighted by molar-refractivity contribution is 0.0135. The van der Waals surface area contributed by atoms with E-state index in [-0.39, 0.29) is 0 Å². The molecule has 1 rings (SSSR count). The molecule has 2 nitrogen and oxygen atoms in total. The van der Waals surface area contributed by atoms with Crippen molar-refractivity contribution in [2.75, 3.05) is 13.1 Å². The third-order valence-corrected chi connectivity index (χ3v) is 0.619. The van der Waals surface area contributed by atoms with Gasteiger partial charge >= 0.3 is 0 Å². The summed E-state index contributed by atoms with van der Waals surface area (Å²) in [6.45, 7) is -13.4. The van der Waals surface area contributed by atoms with Crippen molar-refractivity contribution in [2.24, 2.45) is 0 Å². The molecule has 2 heteroatoms. The van der Waals surface area contributed by atoms with E-state index in [9.17, 15) is 0 Å². The first-order valence-corrected chi connectivity index (χ1v) is 1.91. The molecule has 0 spiro atoms. The Morgan fingerprint density at radius 1 is 2.00 bits per heavy atom. The molecular formula is C6H13NO. The van der Waals surface area contributed by atoms with Gasteiger partial charge in [-0.25, -0.2) is 0 Å². The van der Waals surface area contributed by atoms with Crippen molar-refractivity contribution in [2.45, 2.75) is 25.8 Å². The molecule has 8 heavy (non-hydrogen) atoms. The number of ether oxygens (including phenoxy) is 1. The van der Waals surface area contributed by atoms with Crippen LogP contribution in [0.4, 0.5) is 0 Å². The second-order valence-corrected chi connectivity index (χ2v) is 1.16. The van der Waals surface area contributed by atoms with E-state index in [2.05, 4.69) is 4.74 Å². The summed E-state index contributed by atoms with van der Waals surface area (Å²) in [6.07, 6.45) is -3.53. The predicted molar refractivity (Wildman–Crippen MR) is 32.9 cm³/mol. The Bertz CT molecular complexity index is 362. The molecule has 0 amide bonds. The van der Waals surface area contributed by atoms with Crippen molar-refractivity contribution in [1.29, 1.82) is 0 Å². The monoisotopic (exact) mass is 127 g/mol. The predicted octanol–water partition coefficient (Wildman–Crippen LogP) is 0.383. The Labute approximate surface area is 67.1 Å². The number of morpholine rings is 1. The van der Waals surface area contributed by atoms with Crippen LogP contribution in [0.15, 0.2) is 0 Å². The van der Waals surface area contributed by atoms with Crippen molar-refractivity contribution in [3.8, 4) is 0 Å². The zero-order chi connectivity index (χ0) is 16.4. The molecule has 48 valence electrons. The zero-order valence-electron chi connectivity index (χ0n) is 15.9. The highest BCUT2D eigenvalue weighted by molar-refractivity contribution is 4.71. The smallest absolute Gasteiger partial charge is 0.0697 e. The summed E-state index contributed by atoms with van der Waals surface area (Å²) in [7, 11) is 0. The van der Waals surface area contributed by atoms with Crippen LogP contribution in [0, 0.1) is 0 Å². The van der Waals surface area contributed by atoms with Crippen molar-refractivity contribution < 1.29 is 21.2 Å². The second kappa shape index (κ2) is 2.46. The van der Waals surface area contributed by atoms with Crippen molar-refractivity contribution in [1.82, 2.24) is 5.32 Å². The van der Waals surface area contributed by atoms with E-state index in [0.29, 0.717) is 0 Å². The van der Waals surface area contributed by atoms with Crippen LogP contribution in [-0.2, 0) is 4.74 Å². The van der Waals surface area contributed by atoms with Gasteiger partial charge in [0.1, 0.15) is 0 Å². The van der Waals surface area contributed by atoms with E-state index in [4.69, 9.17) is 16.4 Å². The van der Waals surface area contributed by atoms with Gasteiger partial charge < -0.3 is 10.1 Å². The zero-order valence-corrected chi connectivity index (χ0v) is 3.91. The van der Waals surface area contributed by atoms with E-state index >= 15 is 0 Å². The summed E-state index contributed by atoms with van der Waals surface area (Å²) in [6, 6.07) is -3.39. The molecule has 0 aromatic heterocycles. The van der Waals surface area contributed by atoms with Crippen molar-refractivity contribution >= 4 is 0 Å². The minimum absolute atomic E-state index is 1.49. The highest BCUT2D eigenvalue weighted by Crippen LogP contribution is 2.00. The van der Waals surface area contributed by atoms with Gasteiger partial charge in [0.25, 0.3) is 0 Å². The summed E-state index contributed by atoms with van der Waals surface area (Å²) in [5, 5.41) is 1.49. The molecule has 0 aromatic carbocycles. The quantitative estimate of drug-likeness (QED) is 0.508. The van der Waals surface area contributed by atoms with E-state index in [0.717, 1.165) is 0 Å². The van der Waals surface area contributed by atoms with E-state index in [1.807, 2.05) is 0 Å². The van der Waals surface area contributed by atoms with Crippen LogP contribution >= 0.6 is 0 Å². The average molecular weight is 127 g/mol. The van der Waals surface area contributed by atoms with Gasteiger partial charge in [-0.15, -0.1) is 0 Å². The highest BCUT2D eigenvalue weighted by atomic mass is 16.5. The Morgan fingerprint density at radius 3 is 3.75 bits per heavy atom. The molecule has 1 N–H and O–H groups in total. The molecule has 0 aliphatic carbocycles. The van der Waals surface area contributed by atoms with Crippen LogP contribution in [0.5, 0.6) is 0 Å². The first kappa shape index (κ1) is 0.956. The van der Waals surface area contributed by atoms with Gasteiger partial charge in [-0.05, 0) is 13.7 Å². The third kappa shape index (κ3) is 1.20. The molecule has 2 atom stereocenters. The highest BCUT2D eigenvalue weighted by Gasteiger charge is 2.15. The minimum atomic E-state index is -3.53. The molecule has 1 aliphatic heterocycles. The maximum absolute atomic E-state index is 7.76. The van der Waals surface area contributed by atoms with Crippen LogP contribution in [-0.4, -0.2) is 25.2 Å². The fraction of sp³-hybridized carbons (Fsp3) is 1.00. The van der Waals surface area contributed by atoms with Crippen LogP contribution in [0.25, 0.3) is 0 Å². The number of nitrogens with one attached hydrogen (secondary N) is 1. The Hall–Kier alpha value is -0.0800. The Balaban J connectivity index is 3.55. The molecule has 0 saturated carbocycles. The van der Waals surface area contributed by atoms with Crippen LogP contribution < -0.4 is 5.32 Å². The fourth-order valence-electron chi connectivity index (χ4n) is 0.272. The van der Waals surface area contributed by atoms with E-state index < -0.39 is 38.9 Å². The maximum atomic E-state index is 7.76. The largest absolute Gasteiger partial charge is 0.376 e. The summed E-state index contributed by atoms with van der Waals surface area (Å²) in [4.78, 5) is 0. The molecule has 1 heterocycles. The SMILES string of the molecule is [2H]C([2H])([2H])C1([2H])NC([2H])([2H])C([2H])([2H])OC1([2H])C([2H])([2H])[2H]. The summed E-state index contributed by atoms with van der Waals surface area (Å²) < 4.78 is 92.4. The number of rotatable bonds is 0. The first-order chi connectivity index (χ1) is 8.41. The lowest BCUT2D eigenvalue weighted by atomic mass is 10.2. The van der Waals surface area contributed by atoms with Crippen molar-refractivity contribution in [3.05, 3.63) is 0 Å².